The molecule has 1 atom stereocenters. The van der Waals surface area contributed by atoms with E-state index < -0.39 is 7.14 Å². The number of para-hydroxylation sites is 1. The predicted octanol–water partition coefficient (Wildman–Crippen LogP) is 2.64. The van der Waals surface area contributed by atoms with Crippen molar-refractivity contribution in [2.75, 3.05) is 5.84 Å². The van der Waals surface area contributed by atoms with E-state index in [1.807, 2.05) is 50.2 Å². The summed E-state index contributed by atoms with van der Waals surface area (Å²) in [7, 11) is -2.86. The van der Waals surface area contributed by atoms with Crippen molar-refractivity contribution in [3.05, 3.63) is 42.1 Å². The van der Waals surface area contributed by atoms with Crippen LogP contribution in [0.1, 0.15) is 39.3 Å². The van der Waals surface area contributed by atoms with Crippen molar-refractivity contribution in [3.63, 3.8) is 0 Å². The molecule has 4 nitrogen and oxygen atoms in total. The van der Waals surface area contributed by atoms with Crippen LogP contribution in [0.15, 0.2) is 36.4 Å². The highest BCUT2D eigenvalue weighted by molar-refractivity contribution is 7.79. The fraction of sp³-hybridized carbons (Fsp3) is 0.353. The Kier molecular flexibility index (Phi) is 3.53. The largest absolute Gasteiger partial charge is 0.449 e. The molecule has 5 heteroatoms. The molecule has 1 aliphatic heterocycles. The maximum atomic E-state index is 14.0. The summed E-state index contributed by atoms with van der Waals surface area (Å²) in [6.07, 6.45) is 0. The SMILES string of the molecule is CC(C)c1ccc2c([n+]1N)P(=O)(C(C)C)c1ccccc1O2. The van der Waals surface area contributed by atoms with E-state index in [4.69, 9.17) is 10.6 Å². The fourth-order valence-corrected chi connectivity index (χ4v) is 5.92. The van der Waals surface area contributed by atoms with Crippen LogP contribution in [0.25, 0.3) is 0 Å². The Labute approximate surface area is 131 Å². The first kappa shape index (κ1) is 15.1. The Bertz CT molecular complexity index is 784. The first-order valence-electron chi connectivity index (χ1n) is 7.59. The number of nitrogens with two attached hydrogens (primary N) is 1. The molecule has 116 valence electrons. The average Bonchev–Trinajstić information content (AvgIpc) is 2.46. The summed E-state index contributed by atoms with van der Waals surface area (Å²) in [6.45, 7) is 8.11. The van der Waals surface area contributed by atoms with Gasteiger partial charge in [-0.25, -0.2) is 5.84 Å². The van der Waals surface area contributed by atoms with Crippen LogP contribution < -0.4 is 26.0 Å². The van der Waals surface area contributed by atoms with Gasteiger partial charge in [-0.15, -0.1) is 0 Å². The standard InChI is InChI=1S/C17H22N2O2P/c1-11(2)13-9-10-15-17(19(13)18)22(20,12(3)4)16-8-6-5-7-14(16)21-15/h5-12H,18H2,1-4H3/q+1. The summed E-state index contributed by atoms with van der Waals surface area (Å²) < 4.78 is 21.5. The maximum Gasteiger partial charge on any atom is 0.314 e. The van der Waals surface area contributed by atoms with E-state index in [2.05, 4.69) is 13.8 Å². The molecule has 0 fully saturated rings. The van der Waals surface area contributed by atoms with Crippen molar-refractivity contribution in [1.29, 1.82) is 0 Å². The van der Waals surface area contributed by atoms with Crippen LogP contribution in [0.4, 0.5) is 0 Å². The topological polar surface area (TPSA) is 56.2 Å². The highest BCUT2D eigenvalue weighted by atomic mass is 31.2. The highest BCUT2D eigenvalue weighted by Crippen LogP contribution is 2.54. The zero-order chi connectivity index (χ0) is 16.1. The molecule has 0 aliphatic carbocycles. The minimum atomic E-state index is -2.86. The summed E-state index contributed by atoms with van der Waals surface area (Å²) in [5, 5.41) is 0.762. The van der Waals surface area contributed by atoms with Gasteiger partial charge in [0.15, 0.2) is 0 Å². The summed E-state index contributed by atoms with van der Waals surface area (Å²) in [5.41, 5.74) is 1.52. The molecule has 0 amide bonds. The fourth-order valence-electron chi connectivity index (χ4n) is 3.00. The predicted molar refractivity (Wildman–Crippen MR) is 89.4 cm³/mol. The van der Waals surface area contributed by atoms with Crippen LogP contribution in [0.3, 0.4) is 0 Å². The number of aromatic nitrogens is 1. The number of rotatable bonds is 2. The monoisotopic (exact) mass is 317 g/mol. The van der Waals surface area contributed by atoms with Gasteiger partial charge in [-0.1, -0.05) is 44.5 Å². The van der Waals surface area contributed by atoms with Gasteiger partial charge >= 0.3 is 5.44 Å². The van der Waals surface area contributed by atoms with Gasteiger partial charge < -0.3 is 9.30 Å². The summed E-state index contributed by atoms with van der Waals surface area (Å²) in [4.78, 5) is 0. The quantitative estimate of drug-likeness (QED) is 0.526. The number of nitrogens with zero attached hydrogens (tertiary/aromatic N) is 1. The van der Waals surface area contributed by atoms with E-state index in [1.54, 1.807) is 4.68 Å². The minimum Gasteiger partial charge on any atom is -0.449 e. The average molecular weight is 317 g/mol. The lowest BCUT2D eigenvalue weighted by molar-refractivity contribution is -0.630. The van der Waals surface area contributed by atoms with Crippen LogP contribution in [-0.4, -0.2) is 5.66 Å². The Morgan fingerprint density at radius 3 is 2.36 bits per heavy atom. The van der Waals surface area contributed by atoms with E-state index in [0.717, 1.165) is 11.0 Å². The van der Waals surface area contributed by atoms with E-state index in [0.29, 0.717) is 16.9 Å². The maximum absolute atomic E-state index is 14.0. The summed E-state index contributed by atoms with van der Waals surface area (Å²) in [5.74, 6) is 7.85. The van der Waals surface area contributed by atoms with Crippen molar-refractivity contribution in [2.24, 2.45) is 0 Å². The van der Waals surface area contributed by atoms with Gasteiger partial charge in [-0.05, 0) is 18.2 Å². The zero-order valence-electron chi connectivity index (χ0n) is 13.4. The second-order valence-electron chi connectivity index (χ2n) is 6.29. The third-order valence-electron chi connectivity index (χ3n) is 4.21. The molecule has 0 spiro atoms. The van der Waals surface area contributed by atoms with Crippen molar-refractivity contribution in [3.8, 4) is 11.5 Å². The Balaban J connectivity index is 2.37. The lowest BCUT2D eigenvalue weighted by Gasteiger charge is -2.28. The molecule has 1 unspecified atom stereocenters. The normalized spacial score (nSPS) is 19.7. The molecule has 2 heterocycles. The van der Waals surface area contributed by atoms with Crippen LogP contribution in [0.2, 0.25) is 0 Å². The van der Waals surface area contributed by atoms with Crippen molar-refractivity contribution >= 4 is 17.9 Å². The number of ether oxygens (including phenoxy) is 1. The molecule has 3 rings (SSSR count). The molecule has 1 aromatic carbocycles. The molecule has 1 aromatic heterocycles. The third kappa shape index (κ3) is 1.98. The van der Waals surface area contributed by atoms with Crippen LogP contribution in [0.5, 0.6) is 11.5 Å². The molecule has 2 aromatic rings. The van der Waals surface area contributed by atoms with Crippen LogP contribution in [0, 0.1) is 0 Å². The lowest BCUT2D eigenvalue weighted by Crippen LogP contribution is -2.62. The van der Waals surface area contributed by atoms with E-state index in [9.17, 15) is 4.57 Å². The van der Waals surface area contributed by atoms with Gasteiger partial charge in [0.2, 0.25) is 18.6 Å². The molecular weight excluding hydrogens is 295 g/mol. The lowest BCUT2D eigenvalue weighted by atomic mass is 10.1. The number of nitrogen functional groups attached to an aromatic ring is 1. The Morgan fingerprint density at radius 1 is 1.05 bits per heavy atom. The van der Waals surface area contributed by atoms with Gasteiger partial charge in [-0.3, -0.25) is 0 Å². The highest BCUT2D eigenvalue weighted by Gasteiger charge is 2.48. The molecule has 0 radical (unpaired) electrons. The second-order valence-corrected chi connectivity index (χ2v) is 9.55. The first-order valence-corrected chi connectivity index (χ1v) is 9.36. The van der Waals surface area contributed by atoms with Crippen molar-refractivity contribution in [1.82, 2.24) is 0 Å². The van der Waals surface area contributed by atoms with Gasteiger partial charge in [0.25, 0.3) is 0 Å². The van der Waals surface area contributed by atoms with E-state index in [-0.39, 0.29) is 11.6 Å². The van der Waals surface area contributed by atoms with Gasteiger partial charge in [0, 0.05) is 17.6 Å². The number of pyridine rings is 1. The van der Waals surface area contributed by atoms with Gasteiger partial charge in [0.1, 0.15) is 5.75 Å². The molecule has 0 saturated carbocycles. The molecule has 0 saturated heterocycles. The number of hydrogen-bond acceptors (Lipinski definition) is 3. The minimum absolute atomic E-state index is 0.0477. The molecular formula is C17H22N2O2P+. The second kappa shape index (κ2) is 5.13. The first-order chi connectivity index (χ1) is 10.4. The molecule has 0 bridgehead atoms. The van der Waals surface area contributed by atoms with Crippen molar-refractivity contribution < 1.29 is 14.0 Å². The molecule has 1 aliphatic rings. The number of benzene rings is 1. The Morgan fingerprint density at radius 2 is 1.73 bits per heavy atom. The van der Waals surface area contributed by atoms with Gasteiger partial charge in [0.05, 0.1) is 5.30 Å². The Hall–Kier alpha value is -1.80. The van der Waals surface area contributed by atoms with E-state index >= 15 is 0 Å². The van der Waals surface area contributed by atoms with Crippen LogP contribution in [-0.2, 0) is 4.57 Å². The molecule has 22 heavy (non-hydrogen) atoms. The van der Waals surface area contributed by atoms with Crippen molar-refractivity contribution in [2.45, 2.75) is 39.3 Å². The number of fused-ring (bicyclic) bond motifs is 2. The van der Waals surface area contributed by atoms with E-state index in [1.165, 1.54) is 0 Å². The summed E-state index contributed by atoms with van der Waals surface area (Å²) in [6, 6.07) is 11.4. The van der Waals surface area contributed by atoms with Gasteiger partial charge in [-0.2, -0.15) is 0 Å². The summed E-state index contributed by atoms with van der Waals surface area (Å²) >= 11 is 0. The molecule has 2 N–H and O–H groups in total. The third-order valence-corrected chi connectivity index (χ3v) is 7.81. The van der Waals surface area contributed by atoms with Crippen LogP contribution >= 0.6 is 7.14 Å². The number of hydrogen-bond donors (Lipinski definition) is 1. The smallest absolute Gasteiger partial charge is 0.314 e. The zero-order valence-corrected chi connectivity index (χ0v) is 14.3.